The van der Waals surface area contributed by atoms with Crippen LogP contribution in [0.1, 0.15) is 5.69 Å². The summed E-state index contributed by atoms with van der Waals surface area (Å²) >= 11 is 0. The van der Waals surface area contributed by atoms with Gasteiger partial charge in [-0.15, -0.1) is 0 Å². The molecule has 84 valence electrons. The van der Waals surface area contributed by atoms with Crippen LogP contribution in [-0.2, 0) is 6.18 Å². The number of pyridine rings is 1. The van der Waals surface area contributed by atoms with Gasteiger partial charge in [-0.1, -0.05) is 0 Å². The maximum Gasteiger partial charge on any atom is 0.433 e. The Morgan fingerprint density at radius 3 is 2.50 bits per heavy atom. The number of halogens is 4. The zero-order chi connectivity index (χ0) is 11.8. The SMILES string of the molecule is Fc1cccnc1-n1nccc1C(F)(F)F. The standard InChI is InChI=1S/C9H5F4N3/c10-6-2-1-4-14-8(6)16-7(3-5-15-16)9(11,12)13/h1-5H. The van der Waals surface area contributed by atoms with Crippen LogP contribution in [0.25, 0.3) is 5.82 Å². The quantitative estimate of drug-likeness (QED) is 0.705. The minimum Gasteiger partial charge on any atom is -0.235 e. The Morgan fingerprint density at radius 2 is 1.88 bits per heavy atom. The van der Waals surface area contributed by atoms with Crippen LogP contribution in [0.5, 0.6) is 0 Å². The summed E-state index contributed by atoms with van der Waals surface area (Å²) in [5, 5.41) is 3.41. The highest BCUT2D eigenvalue weighted by Crippen LogP contribution is 2.30. The van der Waals surface area contributed by atoms with Crippen molar-refractivity contribution in [3.63, 3.8) is 0 Å². The smallest absolute Gasteiger partial charge is 0.235 e. The zero-order valence-electron chi connectivity index (χ0n) is 7.74. The minimum absolute atomic E-state index is 0.426. The Labute approximate surface area is 87.3 Å². The number of hydrogen-bond acceptors (Lipinski definition) is 2. The Kier molecular flexibility index (Phi) is 2.37. The van der Waals surface area contributed by atoms with E-state index in [4.69, 9.17) is 0 Å². The van der Waals surface area contributed by atoms with Crippen molar-refractivity contribution >= 4 is 0 Å². The van der Waals surface area contributed by atoms with Gasteiger partial charge >= 0.3 is 6.18 Å². The number of alkyl halides is 3. The second-order valence-corrected chi connectivity index (χ2v) is 2.93. The highest BCUT2D eigenvalue weighted by molar-refractivity contribution is 5.26. The van der Waals surface area contributed by atoms with Crippen molar-refractivity contribution in [1.29, 1.82) is 0 Å². The van der Waals surface area contributed by atoms with Gasteiger partial charge in [0.25, 0.3) is 0 Å². The fourth-order valence-corrected chi connectivity index (χ4v) is 1.22. The summed E-state index contributed by atoms with van der Waals surface area (Å²) in [6.45, 7) is 0. The van der Waals surface area contributed by atoms with E-state index in [9.17, 15) is 17.6 Å². The monoisotopic (exact) mass is 231 g/mol. The summed E-state index contributed by atoms with van der Waals surface area (Å²) in [4.78, 5) is 3.52. The molecule has 0 atom stereocenters. The maximum absolute atomic E-state index is 13.2. The molecule has 0 bridgehead atoms. The van der Waals surface area contributed by atoms with Gasteiger partial charge in [-0.05, 0) is 18.2 Å². The highest BCUT2D eigenvalue weighted by Gasteiger charge is 2.35. The molecule has 2 rings (SSSR count). The van der Waals surface area contributed by atoms with Crippen molar-refractivity contribution in [1.82, 2.24) is 14.8 Å². The van der Waals surface area contributed by atoms with Crippen molar-refractivity contribution in [2.45, 2.75) is 6.18 Å². The van der Waals surface area contributed by atoms with Crippen molar-refractivity contribution in [2.24, 2.45) is 0 Å². The lowest BCUT2D eigenvalue weighted by atomic mass is 10.4. The van der Waals surface area contributed by atoms with Gasteiger partial charge in [0.15, 0.2) is 11.6 Å². The number of nitrogens with zero attached hydrogens (tertiary/aromatic N) is 3. The summed E-state index contributed by atoms with van der Waals surface area (Å²) in [6.07, 6.45) is -2.46. The molecule has 3 nitrogen and oxygen atoms in total. The number of hydrogen-bond donors (Lipinski definition) is 0. The molecule has 0 saturated heterocycles. The van der Waals surface area contributed by atoms with Crippen molar-refractivity contribution in [3.8, 4) is 5.82 Å². The van der Waals surface area contributed by atoms with Gasteiger partial charge < -0.3 is 0 Å². The molecule has 0 aliphatic rings. The largest absolute Gasteiger partial charge is 0.433 e. The molecule has 0 aliphatic carbocycles. The first-order valence-electron chi connectivity index (χ1n) is 4.22. The van der Waals surface area contributed by atoms with E-state index in [2.05, 4.69) is 10.1 Å². The predicted molar refractivity (Wildman–Crippen MR) is 46.3 cm³/mol. The van der Waals surface area contributed by atoms with Gasteiger partial charge in [0.05, 0.1) is 6.20 Å². The summed E-state index contributed by atoms with van der Waals surface area (Å²) in [5.74, 6) is -1.34. The molecule has 0 unspecified atom stereocenters. The van der Waals surface area contributed by atoms with Crippen molar-refractivity contribution < 1.29 is 17.6 Å². The molecule has 0 spiro atoms. The van der Waals surface area contributed by atoms with Crippen LogP contribution in [0, 0.1) is 5.82 Å². The number of aromatic nitrogens is 3. The van der Waals surface area contributed by atoms with E-state index in [1.807, 2.05) is 0 Å². The van der Waals surface area contributed by atoms with Gasteiger partial charge in [-0.25, -0.2) is 14.1 Å². The Morgan fingerprint density at radius 1 is 1.12 bits per heavy atom. The fraction of sp³-hybridized carbons (Fsp3) is 0.111. The van der Waals surface area contributed by atoms with E-state index in [0.29, 0.717) is 4.68 Å². The molecule has 0 radical (unpaired) electrons. The lowest BCUT2D eigenvalue weighted by Crippen LogP contribution is -2.15. The van der Waals surface area contributed by atoms with Crippen LogP contribution in [0.3, 0.4) is 0 Å². The fourth-order valence-electron chi connectivity index (χ4n) is 1.22. The molecule has 16 heavy (non-hydrogen) atoms. The van der Waals surface area contributed by atoms with E-state index in [1.165, 1.54) is 12.3 Å². The third kappa shape index (κ3) is 1.75. The topological polar surface area (TPSA) is 30.7 Å². The minimum atomic E-state index is -4.60. The van der Waals surface area contributed by atoms with Gasteiger partial charge in [0.2, 0.25) is 0 Å². The molecule has 0 N–H and O–H groups in total. The van der Waals surface area contributed by atoms with Crippen LogP contribution in [0.15, 0.2) is 30.6 Å². The average Bonchev–Trinajstić information content (AvgIpc) is 2.66. The summed E-state index contributed by atoms with van der Waals surface area (Å²) in [7, 11) is 0. The molecular weight excluding hydrogens is 226 g/mol. The molecule has 0 fully saturated rings. The predicted octanol–water partition coefficient (Wildman–Crippen LogP) is 2.43. The first-order valence-corrected chi connectivity index (χ1v) is 4.22. The molecule has 2 aromatic heterocycles. The van der Waals surface area contributed by atoms with E-state index in [-0.39, 0.29) is 0 Å². The maximum atomic E-state index is 13.2. The van der Waals surface area contributed by atoms with Gasteiger partial charge in [0, 0.05) is 6.20 Å². The van der Waals surface area contributed by atoms with E-state index < -0.39 is 23.5 Å². The van der Waals surface area contributed by atoms with Crippen LogP contribution in [-0.4, -0.2) is 14.8 Å². The Balaban J connectivity index is 2.58. The summed E-state index contributed by atoms with van der Waals surface area (Å²) in [6, 6.07) is 3.06. The molecule has 2 aromatic rings. The molecule has 7 heteroatoms. The normalized spacial score (nSPS) is 11.8. The molecular formula is C9H5F4N3. The Bertz CT molecular complexity index is 503. The Hall–Kier alpha value is -1.92. The van der Waals surface area contributed by atoms with Crippen LogP contribution in [0.2, 0.25) is 0 Å². The lowest BCUT2D eigenvalue weighted by Gasteiger charge is -2.09. The first-order chi connectivity index (χ1) is 7.50. The van der Waals surface area contributed by atoms with Gasteiger partial charge in [-0.3, -0.25) is 0 Å². The summed E-state index contributed by atoms with van der Waals surface area (Å²) < 4.78 is 51.1. The van der Waals surface area contributed by atoms with Gasteiger partial charge in [0.1, 0.15) is 5.69 Å². The van der Waals surface area contributed by atoms with Crippen molar-refractivity contribution in [3.05, 3.63) is 42.1 Å². The highest BCUT2D eigenvalue weighted by atomic mass is 19.4. The van der Waals surface area contributed by atoms with Crippen LogP contribution >= 0.6 is 0 Å². The average molecular weight is 231 g/mol. The third-order valence-corrected chi connectivity index (χ3v) is 1.87. The van der Waals surface area contributed by atoms with Crippen LogP contribution < -0.4 is 0 Å². The second kappa shape index (κ2) is 3.58. The first kappa shape index (κ1) is 10.6. The van der Waals surface area contributed by atoms with E-state index in [1.54, 1.807) is 0 Å². The lowest BCUT2D eigenvalue weighted by molar-refractivity contribution is -0.142. The molecule has 2 heterocycles. The van der Waals surface area contributed by atoms with E-state index in [0.717, 1.165) is 18.3 Å². The molecule has 0 aromatic carbocycles. The molecule has 0 amide bonds. The second-order valence-electron chi connectivity index (χ2n) is 2.93. The molecule has 0 aliphatic heterocycles. The van der Waals surface area contributed by atoms with Crippen molar-refractivity contribution in [2.75, 3.05) is 0 Å². The third-order valence-electron chi connectivity index (χ3n) is 1.87. The number of rotatable bonds is 1. The zero-order valence-corrected chi connectivity index (χ0v) is 7.74. The van der Waals surface area contributed by atoms with Crippen LogP contribution in [0.4, 0.5) is 17.6 Å². The van der Waals surface area contributed by atoms with E-state index >= 15 is 0 Å². The molecule has 0 saturated carbocycles. The summed E-state index contributed by atoms with van der Waals surface area (Å²) in [5.41, 5.74) is -1.06. The van der Waals surface area contributed by atoms with Gasteiger partial charge in [-0.2, -0.15) is 18.3 Å².